The average Bonchev–Trinajstić information content (AvgIpc) is 2.17. The van der Waals surface area contributed by atoms with Crippen molar-refractivity contribution in [2.45, 2.75) is 12.5 Å². The maximum Gasteiger partial charge on any atom is 0.106 e. The molecule has 0 fully saturated rings. The second-order valence-corrected chi connectivity index (χ2v) is 4.79. The minimum absolute atomic E-state index is 0.309. The number of hydrogen-bond acceptors (Lipinski definition) is 3. The molecule has 1 atom stereocenters. The van der Waals surface area contributed by atoms with E-state index in [1.807, 2.05) is 25.1 Å². The van der Waals surface area contributed by atoms with Crippen molar-refractivity contribution in [3.63, 3.8) is 0 Å². The molecule has 4 heteroatoms. The number of hydrogen-bond donors (Lipinski definition) is 1. The third kappa shape index (κ3) is 2.21. The number of nitrogens with two attached hydrogens (primary N) is 1. The van der Waals surface area contributed by atoms with Crippen molar-refractivity contribution in [2.24, 2.45) is 4.99 Å². The average molecular weight is 269 g/mol. The van der Waals surface area contributed by atoms with E-state index >= 15 is 0 Å². The van der Waals surface area contributed by atoms with Gasteiger partial charge in [-0.3, -0.25) is 4.99 Å². The highest BCUT2D eigenvalue weighted by atomic mass is 79.9. The smallest absolute Gasteiger partial charge is 0.106 e. The van der Waals surface area contributed by atoms with Gasteiger partial charge in [0.15, 0.2) is 0 Å². The number of anilines is 1. The van der Waals surface area contributed by atoms with Crippen molar-refractivity contribution in [3.05, 3.63) is 28.2 Å². The van der Waals surface area contributed by atoms with Crippen LogP contribution < -0.4 is 5.73 Å². The molecule has 0 bridgehead atoms. The van der Waals surface area contributed by atoms with Gasteiger partial charge in [0.1, 0.15) is 5.54 Å². The summed E-state index contributed by atoms with van der Waals surface area (Å²) in [6, 6.07) is 5.85. The molecular weight excluding hydrogens is 256 g/mol. The first-order chi connectivity index (χ1) is 7.10. The standard InChI is InChI=1S/C11H13BrN2O/c1-11(7-15-3-2-14-11)8-4-9(12)6-10(13)5-8/h2,4-6H,3,7,13H2,1H3/t11-/m0/s1. The van der Waals surface area contributed by atoms with Gasteiger partial charge in [0.2, 0.25) is 0 Å². The number of nitrogens with zero attached hydrogens (tertiary/aromatic N) is 1. The highest BCUT2D eigenvalue weighted by Crippen LogP contribution is 2.31. The van der Waals surface area contributed by atoms with Gasteiger partial charge in [-0.1, -0.05) is 15.9 Å². The lowest BCUT2D eigenvalue weighted by Gasteiger charge is -2.28. The maximum atomic E-state index is 5.80. The van der Waals surface area contributed by atoms with Gasteiger partial charge in [0.05, 0.1) is 13.2 Å². The van der Waals surface area contributed by atoms with Crippen LogP contribution in [0.3, 0.4) is 0 Å². The van der Waals surface area contributed by atoms with Crippen LogP contribution in [0.4, 0.5) is 5.69 Å². The van der Waals surface area contributed by atoms with Gasteiger partial charge < -0.3 is 10.5 Å². The number of rotatable bonds is 1. The van der Waals surface area contributed by atoms with E-state index in [0.29, 0.717) is 13.2 Å². The Morgan fingerprint density at radius 1 is 1.47 bits per heavy atom. The Bertz CT molecular complexity index is 385. The molecule has 0 spiro atoms. The van der Waals surface area contributed by atoms with Crippen LogP contribution in [-0.4, -0.2) is 19.4 Å². The predicted molar refractivity (Wildman–Crippen MR) is 65.2 cm³/mol. The summed E-state index contributed by atoms with van der Waals surface area (Å²) in [4.78, 5) is 4.49. The van der Waals surface area contributed by atoms with Crippen molar-refractivity contribution in [1.29, 1.82) is 0 Å². The van der Waals surface area contributed by atoms with Crippen LogP contribution >= 0.6 is 15.9 Å². The Balaban J connectivity index is 2.43. The molecule has 15 heavy (non-hydrogen) atoms. The fourth-order valence-corrected chi connectivity index (χ4v) is 2.18. The topological polar surface area (TPSA) is 47.6 Å². The van der Waals surface area contributed by atoms with Gasteiger partial charge in [0, 0.05) is 16.4 Å². The first-order valence-electron chi connectivity index (χ1n) is 4.78. The molecule has 1 aromatic carbocycles. The minimum Gasteiger partial charge on any atom is -0.399 e. The van der Waals surface area contributed by atoms with E-state index in [0.717, 1.165) is 15.7 Å². The fraction of sp³-hybridized carbons (Fsp3) is 0.364. The maximum absolute atomic E-state index is 5.80. The van der Waals surface area contributed by atoms with Gasteiger partial charge in [-0.25, -0.2) is 0 Å². The Labute approximate surface area is 97.5 Å². The molecular formula is C11H13BrN2O. The monoisotopic (exact) mass is 268 g/mol. The fourth-order valence-electron chi connectivity index (χ4n) is 1.67. The van der Waals surface area contributed by atoms with Gasteiger partial charge in [-0.05, 0) is 30.7 Å². The normalized spacial score (nSPS) is 25.5. The molecule has 2 rings (SSSR count). The van der Waals surface area contributed by atoms with Crippen molar-refractivity contribution < 1.29 is 4.74 Å². The van der Waals surface area contributed by atoms with E-state index in [1.165, 1.54) is 0 Å². The van der Waals surface area contributed by atoms with Crippen molar-refractivity contribution in [1.82, 2.24) is 0 Å². The van der Waals surface area contributed by atoms with Gasteiger partial charge in [0.25, 0.3) is 0 Å². The van der Waals surface area contributed by atoms with Gasteiger partial charge >= 0.3 is 0 Å². The molecule has 1 aliphatic rings. The van der Waals surface area contributed by atoms with Crippen LogP contribution in [-0.2, 0) is 10.3 Å². The lowest BCUT2D eigenvalue weighted by molar-refractivity contribution is 0.110. The molecule has 1 heterocycles. The zero-order valence-electron chi connectivity index (χ0n) is 8.53. The number of ether oxygens (including phenoxy) is 1. The van der Waals surface area contributed by atoms with E-state index in [2.05, 4.69) is 20.9 Å². The van der Waals surface area contributed by atoms with Crippen LogP contribution in [0.25, 0.3) is 0 Å². The molecule has 0 aliphatic carbocycles. The predicted octanol–water partition coefficient (Wildman–Crippen LogP) is 2.35. The molecule has 1 aliphatic heterocycles. The summed E-state index contributed by atoms with van der Waals surface area (Å²) in [5.41, 5.74) is 7.30. The van der Waals surface area contributed by atoms with Crippen LogP contribution in [0.5, 0.6) is 0 Å². The number of nitrogen functional groups attached to an aromatic ring is 1. The van der Waals surface area contributed by atoms with Crippen LogP contribution in [0.2, 0.25) is 0 Å². The second kappa shape index (κ2) is 3.94. The summed E-state index contributed by atoms with van der Waals surface area (Å²) in [6.07, 6.45) is 1.81. The Morgan fingerprint density at radius 3 is 2.87 bits per heavy atom. The van der Waals surface area contributed by atoms with Crippen molar-refractivity contribution >= 4 is 27.8 Å². The SMILES string of the molecule is C[C@@]1(c2cc(N)cc(Br)c2)COCC=N1. The largest absolute Gasteiger partial charge is 0.399 e. The molecule has 0 aromatic heterocycles. The van der Waals surface area contributed by atoms with Gasteiger partial charge in [-0.2, -0.15) is 0 Å². The van der Waals surface area contributed by atoms with Crippen LogP contribution in [0.1, 0.15) is 12.5 Å². The number of halogens is 1. The first kappa shape index (κ1) is 10.6. The van der Waals surface area contributed by atoms with Crippen LogP contribution in [0.15, 0.2) is 27.7 Å². The highest BCUT2D eigenvalue weighted by molar-refractivity contribution is 9.10. The third-order valence-corrected chi connectivity index (χ3v) is 2.95. The lowest BCUT2D eigenvalue weighted by Crippen LogP contribution is -2.30. The van der Waals surface area contributed by atoms with E-state index in [4.69, 9.17) is 10.5 Å². The first-order valence-corrected chi connectivity index (χ1v) is 5.57. The molecule has 0 radical (unpaired) electrons. The van der Waals surface area contributed by atoms with E-state index < -0.39 is 0 Å². The molecule has 0 saturated heterocycles. The molecule has 1 aromatic rings. The number of aliphatic imine (C=N–C) groups is 1. The summed E-state index contributed by atoms with van der Waals surface area (Å²) in [6.45, 7) is 3.24. The zero-order chi connectivity index (χ0) is 10.9. The van der Waals surface area contributed by atoms with Gasteiger partial charge in [-0.15, -0.1) is 0 Å². The Morgan fingerprint density at radius 2 is 2.27 bits per heavy atom. The Hall–Kier alpha value is -0.870. The number of benzene rings is 1. The lowest BCUT2D eigenvalue weighted by atomic mass is 9.93. The summed E-state index contributed by atoms with van der Waals surface area (Å²) >= 11 is 3.43. The van der Waals surface area contributed by atoms with Crippen LogP contribution in [0, 0.1) is 0 Å². The molecule has 0 amide bonds. The second-order valence-electron chi connectivity index (χ2n) is 3.87. The molecule has 80 valence electrons. The summed E-state index contributed by atoms with van der Waals surface area (Å²) in [5, 5.41) is 0. The van der Waals surface area contributed by atoms with E-state index in [9.17, 15) is 0 Å². The summed E-state index contributed by atoms with van der Waals surface area (Å²) < 4.78 is 6.39. The van der Waals surface area contributed by atoms with E-state index in [1.54, 1.807) is 6.21 Å². The molecule has 2 N–H and O–H groups in total. The molecule has 0 saturated carbocycles. The highest BCUT2D eigenvalue weighted by Gasteiger charge is 2.28. The Kier molecular flexibility index (Phi) is 2.80. The van der Waals surface area contributed by atoms with Crippen molar-refractivity contribution in [3.8, 4) is 0 Å². The summed E-state index contributed by atoms with van der Waals surface area (Å²) in [5.74, 6) is 0. The van der Waals surface area contributed by atoms with E-state index in [-0.39, 0.29) is 5.54 Å². The van der Waals surface area contributed by atoms with Crippen molar-refractivity contribution in [2.75, 3.05) is 18.9 Å². The summed E-state index contributed by atoms with van der Waals surface area (Å²) in [7, 11) is 0. The zero-order valence-corrected chi connectivity index (χ0v) is 10.1. The molecule has 0 unspecified atom stereocenters. The minimum atomic E-state index is -0.309. The molecule has 3 nitrogen and oxygen atoms in total. The third-order valence-electron chi connectivity index (χ3n) is 2.49. The quantitative estimate of drug-likeness (QED) is 0.795.